The van der Waals surface area contributed by atoms with Gasteiger partial charge in [0.15, 0.2) is 6.61 Å². The third-order valence-electron chi connectivity index (χ3n) is 2.92. The van der Waals surface area contributed by atoms with Crippen LogP contribution in [0.3, 0.4) is 0 Å². The van der Waals surface area contributed by atoms with Crippen molar-refractivity contribution in [2.45, 2.75) is 13.0 Å². The molecule has 2 rings (SSSR count). The van der Waals surface area contributed by atoms with E-state index in [1.54, 1.807) is 0 Å². The van der Waals surface area contributed by atoms with Gasteiger partial charge >= 0.3 is 0 Å². The fourth-order valence-electron chi connectivity index (χ4n) is 2.01. The van der Waals surface area contributed by atoms with Crippen LogP contribution in [-0.4, -0.2) is 43.1 Å². The second-order valence-corrected chi connectivity index (χ2v) is 6.75. The monoisotopic (exact) mass is 438 g/mol. The van der Waals surface area contributed by atoms with E-state index in [-0.39, 0.29) is 12.5 Å². The first-order valence-corrected chi connectivity index (χ1v) is 8.02. The summed E-state index contributed by atoms with van der Waals surface area (Å²) in [6, 6.07) is 6.13. The summed E-state index contributed by atoms with van der Waals surface area (Å²) in [5.74, 6) is 0.763. The fourth-order valence-corrected chi connectivity index (χ4v) is 3.55. The Kier molecular flexibility index (Phi) is 5.47. The van der Waals surface area contributed by atoms with E-state index in [2.05, 4.69) is 50.8 Å². The van der Waals surface area contributed by atoms with Gasteiger partial charge in [-0.1, -0.05) is 15.9 Å². The molecule has 1 amide bonds. The van der Waals surface area contributed by atoms with E-state index in [1.165, 1.54) is 0 Å². The summed E-state index contributed by atoms with van der Waals surface area (Å²) in [5, 5.41) is 3.31. The molecule has 1 atom stereocenters. The molecule has 0 radical (unpaired) electrons. The highest BCUT2D eigenvalue weighted by atomic mass is 127. The van der Waals surface area contributed by atoms with Crippen LogP contribution in [-0.2, 0) is 4.79 Å². The second kappa shape index (κ2) is 6.90. The lowest BCUT2D eigenvalue weighted by Crippen LogP contribution is -2.52. The molecule has 1 saturated heterocycles. The number of carbonyl (C=O) groups excluding carboxylic acids is 1. The summed E-state index contributed by atoms with van der Waals surface area (Å²) < 4.78 is 7.60. The van der Waals surface area contributed by atoms with E-state index >= 15 is 0 Å². The molecule has 0 aliphatic carbocycles. The highest BCUT2D eigenvalue weighted by Crippen LogP contribution is 2.22. The predicted octanol–water partition coefficient (Wildman–Crippen LogP) is 2.25. The molecule has 6 heteroatoms. The van der Waals surface area contributed by atoms with Gasteiger partial charge in [-0.3, -0.25) is 4.79 Å². The van der Waals surface area contributed by atoms with E-state index in [0.717, 1.165) is 33.4 Å². The van der Waals surface area contributed by atoms with Crippen LogP contribution in [0.15, 0.2) is 22.7 Å². The van der Waals surface area contributed by atoms with Gasteiger partial charge in [0.25, 0.3) is 5.91 Å². The maximum atomic E-state index is 12.0. The van der Waals surface area contributed by atoms with Gasteiger partial charge in [-0.2, -0.15) is 0 Å². The van der Waals surface area contributed by atoms with Crippen molar-refractivity contribution in [3.05, 3.63) is 26.2 Å². The largest absolute Gasteiger partial charge is 0.484 e. The third-order valence-corrected chi connectivity index (χ3v) is 4.00. The Morgan fingerprint density at radius 2 is 2.37 bits per heavy atom. The van der Waals surface area contributed by atoms with Crippen molar-refractivity contribution in [2.75, 3.05) is 26.2 Å². The Morgan fingerprint density at radius 1 is 1.58 bits per heavy atom. The molecule has 4 nitrogen and oxygen atoms in total. The number of hydrogen-bond acceptors (Lipinski definition) is 3. The Hall–Kier alpha value is -0.340. The molecule has 104 valence electrons. The maximum absolute atomic E-state index is 12.0. The van der Waals surface area contributed by atoms with Gasteiger partial charge in [0, 0.05) is 33.7 Å². The lowest BCUT2D eigenvalue weighted by Gasteiger charge is -2.31. The summed E-state index contributed by atoms with van der Waals surface area (Å²) in [4.78, 5) is 13.9. The predicted molar refractivity (Wildman–Crippen MR) is 86.4 cm³/mol. The van der Waals surface area contributed by atoms with Crippen molar-refractivity contribution < 1.29 is 9.53 Å². The zero-order valence-electron chi connectivity index (χ0n) is 10.7. The number of carbonyl (C=O) groups is 1. The number of piperazine rings is 1. The van der Waals surface area contributed by atoms with Crippen LogP contribution < -0.4 is 10.1 Å². The Labute approximate surface area is 135 Å². The van der Waals surface area contributed by atoms with Crippen molar-refractivity contribution in [3.63, 3.8) is 0 Å². The van der Waals surface area contributed by atoms with Crippen LogP contribution in [0.1, 0.15) is 6.92 Å². The van der Waals surface area contributed by atoms with Crippen molar-refractivity contribution in [1.29, 1.82) is 0 Å². The standard InChI is InChI=1S/C13H16BrIN2O2/c1-9-7-17(3-2-16-9)13(18)8-19-12-5-10(14)4-11(15)6-12/h4-6,9,16H,2-3,7-8H2,1H3. The molecule has 19 heavy (non-hydrogen) atoms. The van der Waals surface area contributed by atoms with E-state index in [9.17, 15) is 4.79 Å². The maximum Gasteiger partial charge on any atom is 0.260 e. The molecule has 0 aromatic heterocycles. The zero-order valence-corrected chi connectivity index (χ0v) is 14.4. The van der Waals surface area contributed by atoms with E-state index in [4.69, 9.17) is 4.74 Å². The van der Waals surface area contributed by atoms with Gasteiger partial charge in [-0.25, -0.2) is 0 Å². The minimum atomic E-state index is 0.0448. The quantitative estimate of drug-likeness (QED) is 0.736. The molecule has 1 aromatic rings. The molecule has 1 aliphatic heterocycles. The zero-order chi connectivity index (χ0) is 13.8. The number of nitrogens with one attached hydrogen (secondary N) is 1. The average molecular weight is 439 g/mol. The van der Waals surface area contributed by atoms with Crippen LogP contribution in [0.2, 0.25) is 0 Å². The Morgan fingerprint density at radius 3 is 3.05 bits per heavy atom. The number of hydrogen-bond donors (Lipinski definition) is 1. The van der Waals surface area contributed by atoms with Crippen molar-refractivity contribution in [2.24, 2.45) is 0 Å². The number of nitrogens with zero attached hydrogens (tertiary/aromatic N) is 1. The third kappa shape index (κ3) is 4.61. The highest BCUT2D eigenvalue weighted by Gasteiger charge is 2.20. The highest BCUT2D eigenvalue weighted by molar-refractivity contribution is 14.1. The van der Waals surface area contributed by atoms with Gasteiger partial charge in [-0.15, -0.1) is 0 Å². The molecular formula is C13H16BrIN2O2. The van der Waals surface area contributed by atoms with E-state index in [0.29, 0.717) is 6.04 Å². The van der Waals surface area contributed by atoms with Gasteiger partial charge in [-0.05, 0) is 47.7 Å². The molecular weight excluding hydrogens is 423 g/mol. The van der Waals surface area contributed by atoms with Gasteiger partial charge in [0.1, 0.15) is 5.75 Å². The molecule has 0 saturated carbocycles. The Bertz CT molecular complexity index is 450. The lowest BCUT2D eigenvalue weighted by molar-refractivity contribution is -0.134. The molecule has 0 spiro atoms. The number of amides is 1. The molecule has 0 bridgehead atoms. The van der Waals surface area contributed by atoms with Crippen molar-refractivity contribution in [3.8, 4) is 5.75 Å². The van der Waals surface area contributed by atoms with Crippen LogP contribution >= 0.6 is 38.5 Å². The van der Waals surface area contributed by atoms with Crippen molar-refractivity contribution in [1.82, 2.24) is 10.2 Å². The molecule has 1 N–H and O–H groups in total. The number of benzene rings is 1. The van der Waals surface area contributed by atoms with Gasteiger partial charge < -0.3 is 15.0 Å². The first-order chi connectivity index (χ1) is 9.04. The van der Waals surface area contributed by atoms with Crippen LogP contribution in [0.5, 0.6) is 5.75 Å². The number of ether oxygens (including phenoxy) is 1. The summed E-state index contributed by atoms with van der Waals surface area (Å²) in [6.45, 7) is 4.53. The SMILES string of the molecule is CC1CN(C(=O)COc2cc(Br)cc(I)c2)CCN1. The van der Waals surface area contributed by atoms with Crippen LogP contribution in [0.25, 0.3) is 0 Å². The summed E-state index contributed by atoms with van der Waals surface area (Å²) in [6.07, 6.45) is 0. The minimum Gasteiger partial charge on any atom is -0.484 e. The molecule has 1 aliphatic rings. The average Bonchev–Trinajstić information content (AvgIpc) is 2.35. The van der Waals surface area contributed by atoms with Gasteiger partial charge in [0.05, 0.1) is 0 Å². The smallest absolute Gasteiger partial charge is 0.260 e. The van der Waals surface area contributed by atoms with Crippen LogP contribution in [0.4, 0.5) is 0 Å². The van der Waals surface area contributed by atoms with Crippen LogP contribution in [0, 0.1) is 3.57 Å². The van der Waals surface area contributed by atoms with E-state index in [1.807, 2.05) is 23.1 Å². The number of halogens is 2. The summed E-state index contributed by atoms with van der Waals surface area (Å²) in [5.41, 5.74) is 0. The summed E-state index contributed by atoms with van der Waals surface area (Å²) in [7, 11) is 0. The molecule has 1 aromatic carbocycles. The van der Waals surface area contributed by atoms with E-state index < -0.39 is 0 Å². The van der Waals surface area contributed by atoms with Gasteiger partial charge in [0.2, 0.25) is 0 Å². The number of rotatable bonds is 3. The first-order valence-electron chi connectivity index (χ1n) is 6.14. The Balaban J connectivity index is 1.89. The second-order valence-electron chi connectivity index (χ2n) is 4.59. The molecule has 1 unspecified atom stereocenters. The summed E-state index contributed by atoms with van der Waals surface area (Å²) >= 11 is 5.64. The minimum absolute atomic E-state index is 0.0448. The normalized spacial score (nSPS) is 19.3. The lowest BCUT2D eigenvalue weighted by atomic mass is 10.2. The fraction of sp³-hybridized carbons (Fsp3) is 0.462. The molecule has 1 heterocycles. The topological polar surface area (TPSA) is 41.6 Å². The van der Waals surface area contributed by atoms with Crippen molar-refractivity contribution >= 4 is 44.4 Å². The first kappa shape index (κ1) is 15.1. The molecule has 1 fully saturated rings.